The summed E-state index contributed by atoms with van der Waals surface area (Å²) in [6.45, 7) is 1.93. The van der Waals surface area contributed by atoms with E-state index in [1.165, 1.54) is 12.8 Å². The monoisotopic (exact) mass is 178 g/mol. The molecule has 0 radical (unpaired) electrons. The Labute approximate surface area is 77.8 Å². The van der Waals surface area contributed by atoms with Gasteiger partial charge in [0, 0.05) is 18.8 Å². The van der Waals surface area contributed by atoms with Crippen LogP contribution in [0.1, 0.15) is 24.2 Å². The van der Waals surface area contributed by atoms with E-state index >= 15 is 0 Å². The first-order chi connectivity index (χ1) is 6.27. The van der Waals surface area contributed by atoms with Crippen LogP contribution < -0.4 is 0 Å². The summed E-state index contributed by atoms with van der Waals surface area (Å²) in [5.41, 5.74) is 1.86. The highest BCUT2D eigenvalue weighted by molar-refractivity contribution is 5.10. The Balaban J connectivity index is 2.03. The number of hydrogen-bond donors (Lipinski definition) is 1. The second-order valence-corrected chi connectivity index (χ2v) is 3.70. The molecule has 13 heavy (non-hydrogen) atoms. The molecule has 1 aliphatic carbocycles. The van der Waals surface area contributed by atoms with Gasteiger partial charge in [0.05, 0.1) is 17.5 Å². The van der Waals surface area contributed by atoms with E-state index in [4.69, 9.17) is 0 Å². The summed E-state index contributed by atoms with van der Waals surface area (Å²) in [7, 11) is 0. The average molecular weight is 178 g/mol. The van der Waals surface area contributed by atoms with Crippen molar-refractivity contribution in [3.8, 4) is 0 Å². The molecule has 1 aliphatic rings. The zero-order chi connectivity index (χ0) is 9.26. The molecule has 70 valence electrons. The van der Waals surface area contributed by atoms with E-state index in [2.05, 4.69) is 9.97 Å². The van der Waals surface area contributed by atoms with Crippen LogP contribution in [0.5, 0.6) is 0 Å². The molecule has 1 N–H and O–H groups in total. The second kappa shape index (κ2) is 3.42. The molecule has 1 saturated carbocycles. The number of aromatic nitrogens is 2. The molecule has 0 spiro atoms. The van der Waals surface area contributed by atoms with Gasteiger partial charge in [0.15, 0.2) is 0 Å². The lowest BCUT2D eigenvalue weighted by Crippen LogP contribution is -2.14. The Morgan fingerprint density at radius 1 is 1.46 bits per heavy atom. The van der Waals surface area contributed by atoms with Gasteiger partial charge >= 0.3 is 0 Å². The van der Waals surface area contributed by atoms with Gasteiger partial charge in [-0.3, -0.25) is 9.97 Å². The molecule has 1 aromatic rings. The van der Waals surface area contributed by atoms with Gasteiger partial charge in [0.1, 0.15) is 0 Å². The number of aliphatic hydroxyl groups excluding tert-OH is 1. The number of hydrogen-bond acceptors (Lipinski definition) is 3. The highest BCUT2D eigenvalue weighted by Crippen LogP contribution is 2.33. The lowest BCUT2D eigenvalue weighted by atomic mass is 10.1. The van der Waals surface area contributed by atoms with Gasteiger partial charge in [0.25, 0.3) is 0 Å². The standard InChI is InChI=1S/C10H14N2O/c1-7-9(12-5-4-11-7)6-10(13)8-2-3-8/h4-5,8,10,13H,2-3,6H2,1H3. The molecule has 1 aromatic heterocycles. The largest absolute Gasteiger partial charge is 0.392 e. The third kappa shape index (κ3) is 2.04. The minimum Gasteiger partial charge on any atom is -0.392 e. The molecule has 1 heterocycles. The number of rotatable bonds is 3. The maximum Gasteiger partial charge on any atom is 0.0641 e. The fourth-order valence-corrected chi connectivity index (χ4v) is 1.48. The molecule has 1 unspecified atom stereocenters. The molecular weight excluding hydrogens is 164 g/mol. The minimum absolute atomic E-state index is 0.213. The van der Waals surface area contributed by atoms with E-state index in [0.717, 1.165) is 11.4 Å². The Morgan fingerprint density at radius 3 is 2.77 bits per heavy atom. The van der Waals surface area contributed by atoms with E-state index < -0.39 is 0 Å². The van der Waals surface area contributed by atoms with Gasteiger partial charge in [-0.2, -0.15) is 0 Å². The summed E-state index contributed by atoms with van der Waals surface area (Å²) >= 11 is 0. The molecule has 3 nitrogen and oxygen atoms in total. The van der Waals surface area contributed by atoms with Gasteiger partial charge < -0.3 is 5.11 Å². The SMILES string of the molecule is Cc1nccnc1CC(O)C1CC1. The maximum atomic E-state index is 9.70. The summed E-state index contributed by atoms with van der Waals surface area (Å²) < 4.78 is 0. The van der Waals surface area contributed by atoms with Crippen LogP contribution in [0, 0.1) is 12.8 Å². The second-order valence-electron chi connectivity index (χ2n) is 3.70. The zero-order valence-corrected chi connectivity index (χ0v) is 7.77. The summed E-state index contributed by atoms with van der Waals surface area (Å²) in [5, 5.41) is 9.70. The molecule has 0 saturated heterocycles. The molecule has 0 aliphatic heterocycles. The average Bonchev–Trinajstić information content (AvgIpc) is 2.91. The third-order valence-electron chi connectivity index (χ3n) is 2.55. The number of aryl methyl sites for hydroxylation is 1. The predicted octanol–water partition coefficient (Wildman–Crippen LogP) is 1.10. The highest BCUT2D eigenvalue weighted by Gasteiger charge is 2.30. The summed E-state index contributed by atoms with van der Waals surface area (Å²) in [5.74, 6) is 0.515. The van der Waals surface area contributed by atoms with Crippen LogP contribution >= 0.6 is 0 Å². The van der Waals surface area contributed by atoms with E-state index in [9.17, 15) is 5.11 Å². The molecule has 2 rings (SSSR count). The maximum absolute atomic E-state index is 9.70. The van der Waals surface area contributed by atoms with Crippen LogP contribution in [0.2, 0.25) is 0 Å². The summed E-state index contributed by atoms with van der Waals surface area (Å²) in [6, 6.07) is 0. The lowest BCUT2D eigenvalue weighted by Gasteiger charge is -2.09. The van der Waals surface area contributed by atoms with Crippen molar-refractivity contribution in [2.75, 3.05) is 0 Å². The van der Waals surface area contributed by atoms with Gasteiger partial charge in [0.2, 0.25) is 0 Å². The van der Waals surface area contributed by atoms with Crippen molar-refractivity contribution in [2.45, 2.75) is 32.3 Å². The van der Waals surface area contributed by atoms with Crippen LogP contribution in [-0.2, 0) is 6.42 Å². The summed E-state index contributed by atoms with van der Waals surface area (Å²) in [6.07, 6.45) is 6.14. The highest BCUT2D eigenvalue weighted by atomic mass is 16.3. The lowest BCUT2D eigenvalue weighted by molar-refractivity contribution is 0.150. The molecule has 3 heteroatoms. The Hall–Kier alpha value is -0.960. The van der Waals surface area contributed by atoms with Crippen molar-refractivity contribution in [1.82, 2.24) is 9.97 Å². The van der Waals surface area contributed by atoms with Gasteiger partial charge in [-0.15, -0.1) is 0 Å². The molecule has 1 atom stereocenters. The minimum atomic E-state index is -0.213. The van der Waals surface area contributed by atoms with Crippen molar-refractivity contribution < 1.29 is 5.11 Å². The van der Waals surface area contributed by atoms with E-state index in [-0.39, 0.29) is 6.10 Å². The number of nitrogens with zero attached hydrogens (tertiary/aromatic N) is 2. The van der Waals surface area contributed by atoms with Crippen LogP contribution in [0.3, 0.4) is 0 Å². The first-order valence-electron chi connectivity index (χ1n) is 4.72. The van der Waals surface area contributed by atoms with Crippen LogP contribution in [-0.4, -0.2) is 21.2 Å². The van der Waals surface area contributed by atoms with Gasteiger partial charge in [-0.1, -0.05) is 0 Å². The molecule has 0 aromatic carbocycles. The Bertz CT molecular complexity index is 297. The summed E-state index contributed by atoms with van der Waals surface area (Å²) in [4.78, 5) is 8.34. The quantitative estimate of drug-likeness (QED) is 0.753. The van der Waals surface area contributed by atoms with Crippen LogP contribution in [0.4, 0.5) is 0 Å². The number of aliphatic hydroxyl groups is 1. The first-order valence-corrected chi connectivity index (χ1v) is 4.72. The third-order valence-corrected chi connectivity index (χ3v) is 2.55. The van der Waals surface area contributed by atoms with Crippen molar-refractivity contribution >= 4 is 0 Å². The van der Waals surface area contributed by atoms with Gasteiger partial charge in [-0.05, 0) is 25.7 Å². The van der Waals surface area contributed by atoms with Crippen LogP contribution in [0.15, 0.2) is 12.4 Å². The topological polar surface area (TPSA) is 46.0 Å². The van der Waals surface area contributed by atoms with E-state index in [0.29, 0.717) is 12.3 Å². The first kappa shape index (κ1) is 8.63. The molecule has 1 fully saturated rings. The van der Waals surface area contributed by atoms with Crippen molar-refractivity contribution in [3.63, 3.8) is 0 Å². The normalized spacial score (nSPS) is 18.6. The smallest absolute Gasteiger partial charge is 0.0641 e. The molecule has 0 bridgehead atoms. The Morgan fingerprint density at radius 2 is 2.15 bits per heavy atom. The van der Waals surface area contributed by atoms with E-state index in [1.54, 1.807) is 12.4 Å². The van der Waals surface area contributed by atoms with Crippen molar-refractivity contribution in [2.24, 2.45) is 5.92 Å². The van der Waals surface area contributed by atoms with E-state index in [1.807, 2.05) is 6.92 Å². The zero-order valence-electron chi connectivity index (χ0n) is 7.77. The fraction of sp³-hybridized carbons (Fsp3) is 0.600. The van der Waals surface area contributed by atoms with Crippen molar-refractivity contribution in [1.29, 1.82) is 0 Å². The Kier molecular flexibility index (Phi) is 2.27. The fourth-order valence-electron chi connectivity index (χ4n) is 1.48. The predicted molar refractivity (Wildman–Crippen MR) is 49.2 cm³/mol. The molecule has 0 amide bonds. The van der Waals surface area contributed by atoms with Crippen LogP contribution in [0.25, 0.3) is 0 Å². The molecular formula is C10H14N2O. The van der Waals surface area contributed by atoms with Crippen molar-refractivity contribution in [3.05, 3.63) is 23.8 Å². The van der Waals surface area contributed by atoms with Gasteiger partial charge in [-0.25, -0.2) is 0 Å².